The first-order valence-electron chi connectivity index (χ1n) is 7.96. The highest BCUT2D eigenvalue weighted by Crippen LogP contribution is 2.26. The lowest BCUT2D eigenvalue weighted by molar-refractivity contribution is -0.117. The van der Waals surface area contributed by atoms with Crippen LogP contribution in [0.2, 0.25) is 0 Å². The zero-order chi connectivity index (χ0) is 19.4. The summed E-state index contributed by atoms with van der Waals surface area (Å²) < 4.78 is 31.9. The van der Waals surface area contributed by atoms with Gasteiger partial charge < -0.3 is 10.1 Å². The van der Waals surface area contributed by atoms with Crippen molar-refractivity contribution in [1.29, 1.82) is 0 Å². The highest BCUT2D eigenvalue weighted by molar-refractivity contribution is 9.10. The molecule has 27 heavy (non-hydrogen) atoms. The number of halogens is 3. The number of ether oxygens (including phenoxy) is 1. The van der Waals surface area contributed by atoms with Crippen molar-refractivity contribution in [2.24, 2.45) is 0 Å². The second kappa shape index (κ2) is 8.26. The Morgan fingerprint density at radius 1 is 1.30 bits per heavy atom. The number of alkyl halides is 2. The van der Waals surface area contributed by atoms with E-state index in [1.165, 1.54) is 18.2 Å². The summed E-state index contributed by atoms with van der Waals surface area (Å²) >= 11 is 3.26. The summed E-state index contributed by atoms with van der Waals surface area (Å²) in [6, 6.07) is 9.65. The fraction of sp³-hybridized carbons (Fsp3) is 0.167. The van der Waals surface area contributed by atoms with E-state index in [2.05, 4.69) is 36.2 Å². The number of pyridine rings is 1. The van der Waals surface area contributed by atoms with Gasteiger partial charge >= 0.3 is 6.61 Å². The lowest BCUT2D eigenvalue weighted by atomic mass is 10.2. The molecule has 9 heteroatoms. The summed E-state index contributed by atoms with van der Waals surface area (Å²) in [6.45, 7) is -1.17. The molecule has 0 saturated carbocycles. The monoisotopic (exact) mass is 436 g/mol. The molecule has 0 aliphatic heterocycles. The van der Waals surface area contributed by atoms with Crippen molar-refractivity contribution in [1.82, 2.24) is 19.9 Å². The molecule has 1 amide bonds. The number of aromatic nitrogens is 3. The number of fused-ring (bicyclic) bond motifs is 1. The molecule has 3 rings (SSSR count). The smallest absolute Gasteiger partial charge is 0.387 e. The van der Waals surface area contributed by atoms with E-state index in [1.54, 1.807) is 29.7 Å². The van der Waals surface area contributed by atoms with Gasteiger partial charge in [0, 0.05) is 22.3 Å². The van der Waals surface area contributed by atoms with Crippen molar-refractivity contribution >= 4 is 33.6 Å². The summed E-state index contributed by atoms with van der Waals surface area (Å²) in [5.41, 5.74) is 1.02. The number of hydrogen-bond acceptors (Lipinski definition) is 4. The van der Waals surface area contributed by atoms with Crippen molar-refractivity contribution in [3.05, 3.63) is 64.5 Å². The largest absolute Gasteiger partial charge is 0.434 e. The molecule has 3 aromatic rings. The third-order valence-electron chi connectivity index (χ3n) is 3.69. The predicted molar refractivity (Wildman–Crippen MR) is 99.4 cm³/mol. The minimum Gasteiger partial charge on any atom is -0.434 e. The third-order valence-corrected chi connectivity index (χ3v) is 4.18. The molecule has 1 atom stereocenters. The molecule has 1 unspecified atom stereocenters. The van der Waals surface area contributed by atoms with Crippen molar-refractivity contribution < 1.29 is 18.3 Å². The lowest BCUT2D eigenvalue weighted by Crippen LogP contribution is -2.26. The Kier molecular flexibility index (Phi) is 5.80. The van der Waals surface area contributed by atoms with Gasteiger partial charge in [0.05, 0.1) is 6.04 Å². The Morgan fingerprint density at radius 3 is 2.89 bits per heavy atom. The van der Waals surface area contributed by atoms with E-state index in [4.69, 9.17) is 0 Å². The van der Waals surface area contributed by atoms with Crippen molar-refractivity contribution in [3.8, 4) is 5.75 Å². The van der Waals surface area contributed by atoms with Gasteiger partial charge in [0.2, 0.25) is 5.91 Å². The van der Waals surface area contributed by atoms with Crippen LogP contribution in [-0.4, -0.2) is 27.1 Å². The average Bonchev–Trinajstić information content (AvgIpc) is 3.05. The van der Waals surface area contributed by atoms with Gasteiger partial charge in [-0.05, 0) is 43.3 Å². The summed E-state index contributed by atoms with van der Waals surface area (Å²) in [6.07, 6.45) is 4.46. The highest BCUT2D eigenvalue weighted by Gasteiger charge is 2.15. The maximum atomic E-state index is 12.5. The Labute approximate surface area is 162 Å². The predicted octanol–water partition coefficient (Wildman–Crippen LogP) is 3.98. The fourth-order valence-electron chi connectivity index (χ4n) is 2.50. The van der Waals surface area contributed by atoms with Gasteiger partial charge in [-0.3, -0.25) is 9.20 Å². The number of carbonyl (C=O) groups excluding carboxylic acids is 1. The molecule has 0 radical (unpaired) electrons. The number of nitrogens with one attached hydrogen (secondary N) is 1. The summed E-state index contributed by atoms with van der Waals surface area (Å²) in [5.74, 6) is 0.156. The normalized spacial score (nSPS) is 12.6. The molecular formula is C18H15BrF2N4O2. The van der Waals surface area contributed by atoms with Crippen LogP contribution in [0.25, 0.3) is 11.7 Å². The van der Waals surface area contributed by atoms with Crippen LogP contribution in [0, 0.1) is 0 Å². The Morgan fingerprint density at radius 2 is 2.11 bits per heavy atom. The molecule has 140 valence electrons. The zero-order valence-corrected chi connectivity index (χ0v) is 15.7. The first-order chi connectivity index (χ1) is 12.9. The molecule has 1 aromatic carbocycles. The van der Waals surface area contributed by atoms with Gasteiger partial charge in [-0.2, -0.15) is 8.78 Å². The molecule has 2 heterocycles. The van der Waals surface area contributed by atoms with Crippen LogP contribution in [0.1, 0.15) is 24.4 Å². The van der Waals surface area contributed by atoms with Crippen LogP contribution in [0.15, 0.2) is 53.1 Å². The molecule has 0 spiro atoms. The number of carbonyl (C=O) groups is 1. The number of nitrogens with zero attached hydrogens (tertiary/aromatic N) is 3. The number of hydrogen-bond donors (Lipinski definition) is 1. The standard InChI is InChI=1S/C18H15BrF2N4O2/c1-11(17-24-23-15-4-2-3-9-25(15)17)22-16(26)8-5-12-10-13(19)6-7-14(12)27-18(20)21/h2-11,18H,1H3,(H,22,26)/b8-5+. The van der Waals surface area contributed by atoms with Gasteiger partial charge in [0.15, 0.2) is 11.5 Å². The average molecular weight is 437 g/mol. The van der Waals surface area contributed by atoms with Gasteiger partial charge in [0.25, 0.3) is 0 Å². The summed E-state index contributed by atoms with van der Waals surface area (Å²) in [7, 11) is 0. The number of rotatable bonds is 6. The SMILES string of the molecule is CC(NC(=O)/C=C/c1cc(Br)ccc1OC(F)F)c1nnc2ccccn12. The summed E-state index contributed by atoms with van der Waals surface area (Å²) in [5, 5.41) is 10.9. The fourth-order valence-corrected chi connectivity index (χ4v) is 2.88. The maximum Gasteiger partial charge on any atom is 0.387 e. The van der Waals surface area contributed by atoms with Crippen molar-refractivity contribution in [3.63, 3.8) is 0 Å². The van der Waals surface area contributed by atoms with Crippen LogP contribution < -0.4 is 10.1 Å². The molecule has 0 fully saturated rings. The lowest BCUT2D eigenvalue weighted by Gasteiger charge is -2.11. The van der Waals surface area contributed by atoms with E-state index in [9.17, 15) is 13.6 Å². The molecule has 0 aliphatic carbocycles. The third kappa shape index (κ3) is 4.68. The molecule has 0 aliphatic rings. The first kappa shape index (κ1) is 19.0. The van der Waals surface area contributed by atoms with E-state index in [0.717, 1.165) is 0 Å². The minimum atomic E-state index is -2.95. The molecule has 1 N–H and O–H groups in total. The van der Waals surface area contributed by atoms with Crippen molar-refractivity contribution in [2.45, 2.75) is 19.6 Å². The van der Waals surface area contributed by atoms with Gasteiger partial charge in [-0.25, -0.2) is 0 Å². The van der Waals surface area contributed by atoms with E-state index < -0.39 is 18.6 Å². The van der Waals surface area contributed by atoms with Crippen molar-refractivity contribution in [2.75, 3.05) is 0 Å². The second-order valence-corrected chi connectivity index (χ2v) is 6.53. The Bertz CT molecular complexity index is 990. The van der Waals surface area contributed by atoms with Gasteiger partial charge in [-0.15, -0.1) is 10.2 Å². The maximum absolute atomic E-state index is 12.5. The Hall–Kier alpha value is -2.81. The van der Waals surface area contributed by atoms with Crippen LogP contribution >= 0.6 is 15.9 Å². The zero-order valence-electron chi connectivity index (χ0n) is 14.1. The van der Waals surface area contributed by atoms with E-state index >= 15 is 0 Å². The quantitative estimate of drug-likeness (QED) is 0.593. The van der Waals surface area contributed by atoms with Crippen LogP contribution in [0.5, 0.6) is 5.75 Å². The molecular weight excluding hydrogens is 422 g/mol. The molecule has 0 saturated heterocycles. The molecule has 6 nitrogen and oxygen atoms in total. The van der Waals surface area contributed by atoms with E-state index in [1.807, 2.05) is 18.2 Å². The number of benzene rings is 1. The second-order valence-electron chi connectivity index (χ2n) is 5.61. The highest BCUT2D eigenvalue weighted by atomic mass is 79.9. The van der Waals surface area contributed by atoms with E-state index in [-0.39, 0.29) is 5.75 Å². The first-order valence-corrected chi connectivity index (χ1v) is 8.76. The minimum absolute atomic E-state index is 0.0197. The van der Waals surface area contributed by atoms with Crippen LogP contribution in [0.4, 0.5) is 8.78 Å². The molecule has 2 aromatic heterocycles. The summed E-state index contributed by atoms with van der Waals surface area (Å²) in [4.78, 5) is 12.2. The van der Waals surface area contributed by atoms with Gasteiger partial charge in [-0.1, -0.05) is 22.0 Å². The Balaban J connectivity index is 1.73. The molecule has 0 bridgehead atoms. The van der Waals surface area contributed by atoms with Gasteiger partial charge in [0.1, 0.15) is 5.75 Å². The van der Waals surface area contributed by atoms with Crippen LogP contribution in [0.3, 0.4) is 0 Å². The van der Waals surface area contributed by atoms with E-state index in [0.29, 0.717) is 21.5 Å². The topological polar surface area (TPSA) is 68.5 Å². The van der Waals surface area contributed by atoms with Crippen LogP contribution in [-0.2, 0) is 4.79 Å². The number of amides is 1.